The first-order chi connectivity index (χ1) is 19.8. The van der Waals surface area contributed by atoms with Crippen LogP contribution in [-0.4, -0.2) is 59.8 Å². The number of carbonyl (C=O) groups is 4. The van der Waals surface area contributed by atoms with Crippen LogP contribution in [0.2, 0.25) is 0 Å². The number of fused-ring (bicyclic) bond motifs is 1. The number of ether oxygens (including phenoxy) is 1. The molecule has 5 amide bonds. The molecule has 0 bridgehead atoms. The summed E-state index contributed by atoms with van der Waals surface area (Å²) in [6.45, 7) is 3.72. The van der Waals surface area contributed by atoms with E-state index in [1.54, 1.807) is 24.3 Å². The van der Waals surface area contributed by atoms with Crippen LogP contribution >= 0.6 is 0 Å². The lowest BCUT2D eigenvalue weighted by Gasteiger charge is -2.43. The molecule has 2 fully saturated rings. The first kappa shape index (κ1) is 27.8. The number of terminal acetylenes is 1. The van der Waals surface area contributed by atoms with Crippen LogP contribution in [0.1, 0.15) is 34.5 Å². The van der Waals surface area contributed by atoms with E-state index < -0.39 is 29.2 Å². The van der Waals surface area contributed by atoms with Crippen molar-refractivity contribution in [2.24, 2.45) is 11.3 Å². The number of piperidine rings is 1. The van der Waals surface area contributed by atoms with Crippen LogP contribution < -0.4 is 20.7 Å². The normalized spacial score (nSPS) is 17.4. The van der Waals surface area contributed by atoms with Gasteiger partial charge in [-0.25, -0.2) is 4.79 Å². The average Bonchev–Trinajstić information content (AvgIpc) is 2.96. The standard InChI is InChI=1S/C31H31N5O5/c1-3-14-36-15-12-23(13-16-36)31(28(38)34-30(40)35-29(31)39)19-32-27(37)21-8-10-24(11-9-21)41-18-22-17-20(2)33-26-7-5-4-6-25(22)26/h1,4-11,17,23H,12-16,18-19H2,2H3,(H,32,37)(H2,34,35,38,39,40). The summed E-state index contributed by atoms with van der Waals surface area (Å²) < 4.78 is 5.99. The molecule has 1 aromatic heterocycles. The van der Waals surface area contributed by atoms with Gasteiger partial charge in [-0.15, -0.1) is 6.42 Å². The van der Waals surface area contributed by atoms with Crippen LogP contribution in [-0.2, 0) is 16.2 Å². The Balaban J connectivity index is 1.25. The van der Waals surface area contributed by atoms with Crippen molar-refractivity contribution in [1.82, 2.24) is 25.8 Å². The van der Waals surface area contributed by atoms with Gasteiger partial charge in [0, 0.05) is 28.8 Å². The number of aryl methyl sites for hydroxylation is 1. The Morgan fingerprint density at radius 2 is 1.78 bits per heavy atom. The predicted molar refractivity (Wildman–Crippen MR) is 152 cm³/mol. The molecule has 3 heterocycles. The van der Waals surface area contributed by atoms with Crippen LogP contribution in [0.3, 0.4) is 0 Å². The molecule has 10 heteroatoms. The monoisotopic (exact) mass is 553 g/mol. The zero-order valence-electron chi connectivity index (χ0n) is 22.7. The Labute approximate surface area is 237 Å². The van der Waals surface area contributed by atoms with Crippen molar-refractivity contribution in [1.29, 1.82) is 0 Å². The molecule has 2 aliphatic heterocycles. The van der Waals surface area contributed by atoms with Gasteiger partial charge >= 0.3 is 6.03 Å². The third kappa shape index (κ3) is 5.76. The Morgan fingerprint density at radius 1 is 1.10 bits per heavy atom. The molecule has 0 radical (unpaired) electrons. The molecule has 2 aliphatic rings. The van der Waals surface area contributed by atoms with Gasteiger partial charge in [-0.05, 0) is 75.2 Å². The van der Waals surface area contributed by atoms with Crippen molar-refractivity contribution in [2.75, 3.05) is 26.2 Å². The summed E-state index contributed by atoms with van der Waals surface area (Å²) in [5, 5.41) is 8.21. The molecular formula is C31H31N5O5. The summed E-state index contributed by atoms with van der Waals surface area (Å²) in [5.41, 5.74) is 1.54. The minimum atomic E-state index is -1.61. The lowest BCUT2D eigenvalue weighted by atomic mass is 9.68. The predicted octanol–water partition coefficient (Wildman–Crippen LogP) is 2.55. The van der Waals surface area contributed by atoms with Gasteiger partial charge in [0.25, 0.3) is 5.91 Å². The van der Waals surface area contributed by atoms with E-state index in [9.17, 15) is 19.2 Å². The topological polar surface area (TPSA) is 130 Å². The zero-order valence-corrected chi connectivity index (χ0v) is 22.7. The summed E-state index contributed by atoms with van der Waals surface area (Å²) in [5.74, 6) is 0.950. The van der Waals surface area contributed by atoms with Crippen LogP contribution in [0.25, 0.3) is 10.9 Å². The van der Waals surface area contributed by atoms with E-state index in [0.29, 0.717) is 50.4 Å². The molecule has 0 saturated carbocycles. The number of aromatic nitrogens is 1. The third-order valence-electron chi connectivity index (χ3n) is 7.83. The fraction of sp³-hybridized carbons (Fsp3) is 0.323. The molecule has 3 N–H and O–H groups in total. The Kier molecular flexibility index (Phi) is 7.99. The van der Waals surface area contributed by atoms with Gasteiger partial charge in [-0.1, -0.05) is 24.1 Å². The summed E-state index contributed by atoms with van der Waals surface area (Å²) in [4.78, 5) is 57.8. The maximum Gasteiger partial charge on any atom is 0.328 e. The summed E-state index contributed by atoms with van der Waals surface area (Å²) >= 11 is 0. The zero-order chi connectivity index (χ0) is 29.0. The molecule has 2 aromatic carbocycles. The lowest BCUT2D eigenvalue weighted by molar-refractivity contribution is -0.149. The molecular weight excluding hydrogens is 522 g/mol. The SMILES string of the molecule is C#CCN1CCC(C2(CNC(=O)c3ccc(OCc4cc(C)nc5ccccc45)cc3)C(=O)NC(=O)NC2=O)CC1. The van der Waals surface area contributed by atoms with E-state index >= 15 is 0 Å². The Morgan fingerprint density at radius 3 is 2.46 bits per heavy atom. The number of hydrogen-bond donors (Lipinski definition) is 3. The molecule has 3 aromatic rings. The summed E-state index contributed by atoms with van der Waals surface area (Å²) in [6.07, 6.45) is 6.46. The molecule has 0 atom stereocenters. The average molecular weight is 554 g/mol. The number of hydrogen-bond acceptors (Lipinski definition) is 7. The number of para-hydroxylation sites is 1. The van der Waals surface area contributed by atoms with Crippen LogP contribution in [0.4, 0.5) is 4.79 Å². The van der Waals surface area contributed by atoms with E-state index in [2.05, 4.69) is 31.8 Å². The molecule has 41 heavy (non-hydrogen) atoms. The molecule has 10 nitrogen and oxygen atoms in total. The molecule has 0 aliphatic carbocycles. The van der Waals surface area contributed by atoms with Crippen molar-refractivity contribution >= 4 is 34.7 Å². The van der Waals surface area contributed by atoms with Crippen molar-refractivity contribution in [3.63, 3.8) is 0 Å². The number of imide groups is 2. The fourth-order valence-electron chi connectivity index (χ4n) is 5.65. The minimum Gasteiger partial charge on any atom is -0.489 e. The highest BCUT2D eigenvalue weighted by molar-refractivity contribution is 6.19. The number of rotatable bonds is 8. The highest BCUT2D eigenvalue weighted by Gasteiger charge is 2.56. The second kappa shape index (κ2) is 11.8. The number of nitrogens with zero attached hydrogens (tertiary/aromatic N) is 2. The summed E-state index contributed by atoms with van der Waals surface area (Å²) in [6, 6.07) is 15.6. The molecule has 210 valence electrons. The van der Waals surface area contributed by atoms with Gasteiger partial charge < -0.3 is 10.1 Å². The molecule has 0 unspecified atom stereocenters. The van der Waals surface area contributed by atoms with Crippen LogP contribution in [0, 0.1) is 30.6 Å². The second-order valence-electron chi connectivity index (χ2n) is 10.4. The van der Waals surface area contributed by atoms with Gasteiger partial charge in [0.15, 0.2) is 0 Å². The summed E-state index contributed by atoms with van der Waals surface area (Å²) in [7, 11) is 0. The first-order valence-corrected chi connectivity index (χ1v) is 13.5. The van der Waals surface area contributed by atoms with Crippen molar-refractivity contribution in [3.8, 4) is 18.1 Å². The fourth-order valence-corrected chi connectivity index (χ4v) is 5.65. The smallest absolute Gasteiger partial charge is 0.328 e. The van der Waals surface area contributed by atoms with Crippen LogP contribution in [0.15, 0.2) is 54.6 Å². The number of nitrogens with one attached hydrogen (secondary N) is 3. The van der Waals surface area contributed by atoms with Gasteiger partial charge in [-0.3, -0.25) is 34.9 Å². The van der Waals surface area contributed by atoms with Crippen LogP contribution in [0.5, 0.6) is 5.75 Å². The van der Waals surface area contributed by atoms with Crippen molar-refractivity contribution in [2.45, 2.75) is 26.4 Å². The Bertz CT molecular complexity index is 1520. The highest BCUT2D eigenvalue weighted by Crippen LogP contribution is 2.37. The molecule has 5 rings (SSSR count). The van der Waals surface area contributed by atoms with Gasteiger partial charge in [0.2, 0.25) is 11.8 Å². The van der Waals surface area contributed by atoms with Gasteiger partial charge in [-0.2, -0.15) is 0 Å². The second-order valence-corrected chi connectivity index (χ2v) is 10.4. The maximum atomic E-state index is 13.1. The van der Waals surface area contributed by atoms with E-state index in [4.69, 9.17) is 11.2 Å². The highest BCUT2D eigenvalue weighted by atomic mass is 16.5. The first-order valence-electron chi connectivity index (χ1n) is 13.5. The quantitative estimate of drug-likeness (QED) is 0.289. The lowest BCUT2D eigenvalue weighted by Crippen LogP contribution is -2.68. The largest absolute Gasteiger partial charge is 0.489 e. The number of barbiturate groups is 1. The third-order valence-corrected chi connectivity index (χ3v) is 7.83. The van der Waals surface area contributed by atoms with E-state index in [1.165, 1.54) is 0 Å². The number of carbonyl (C=O) groups excluding carboxylic acids is 4. The number of pyridine rings is 1. The molecule has 2 saturated heterocycles. The number of urea groups is 1. The van der Waals surface area contributed by atoms with E-state index in [0.717, 1.165) is 22.2 Å². The van der Waals surface area contributed by atoms with Gasteiger partial charge in [0.05, 0.1) is 12.1 Å². The number of likely N-dealkylation sites (tertiary alicyclic amines) is 1. The number of amides is 5. The maximum absolute atomic E-state index is 13.1. The number of benzene rings is 2. The van der Waals surface area contributed by atoms with Crippen molar-refractivity contribution < 1.29 is 23.9 Å². The molecule has 0 spiro atoms. The minimum absolute atomic E-state index is 0.247. The van der Waals surface area contributed by atoms with Gasteiger partial charge in [0.1, 0.15) is 17.8 Å². The van der Waals surface area contributed by atoms with E-state index in [1.807, 2.05) is 37.3 Å². The van der Waals surface area contributed by atoms with Crippen molar-refractivity contribution in [3.05, 3.63) is 71.4 Å². The van der Waals surface area contributed by atoms with E-state index in [-0.39, 0.29) is 12.5 Å². The Hall–Kier alpha value is -4.75.